The Labute approximate surface area is 112 Å². The number of hydrogen-bond donors (Lipinski definition) is 1. The average Bonchev–Trinajstić information content (AvgIpc) is 2.78. The topological polar surface area (TPSA) is 98.3 Å². The Kier molecular flexibility index (Phi) is 3.48. The van der Waals surface area contributed by atoms with Gasteiger partial charge in [-0.1, -0.05) is 11.6 Å². The zero-order valence-corrected chi connectivity index (χ0v) is 10.5. The maximum atomic E-state index is 11.7. The van der Waals surface area contributed by atoms with E-state index in [1.54, 1.807) is 6.92 Å². The summed E-state index contributed by atoms with van der Waals surface area (Å²) in [6.45, 7) is 1.65. The second-order valence-corrected chi connectivity index (χ2v) is 4.06. The number of nitro groups is 1. The number of hydrogen-bond acceptors (Lipinski definition) is 5. The van der Waals surface area contributed by atoms with Crippen LogP contribution in [0.2, 0.25) is 5.02 Å². The Balaban J connectivity index is 2.22. The molecule has 7 nitrogen and oxygen atoms in total. The fourth-order valence-corrected chi connectivity index (χ4v) is 1.56. The fraction of sp³-hybridized carbons (Fsp3) is 0.0909. The lowest BCUT2D eigenvalue weighted by molar-refractivity contribution is -0.384. The van der Waals surface area contributed by atoms with Crippen LogP contribution in [0.5, 0.6) is 0 Å². The number of carbonyl (C=O) groups is 1. The van der Waals surface area contributed by atoms with Crippen molar-refractivity contribution in [2.75, 3.05) is 5.32 Å². The van der Waals surface area contributed by atoms with Gasteiger partial charge in [0.2, 0.25) is 0 Å². The molecule has 19 heavy (non-hydrogen) atoms. The Hall–Kier alpha value is -2.41. The summed E-state index contributed by atoms with van der Waals surface area (Å²) in [5.74, 6) is -0.216. The van der Waals surface area contributed by atoms with Crippen molar-refractivity contribution in [3.05, 3.63) is 51.2 Å². The van der Waals surface area contributed by atoms with Crippen LogP contribution in [0.1, 0.15) is 16.4 Å². The van der Waals surface area contributed by atoms with E-state index in [4.69, 9.17) is 16.0 Å². The molecule has 0 saturated carbocycles. The standard InChI is InChI=1S/C11H8ClN3O4/c1-6-5-13-11(19-6)10(16)14-7-2-3-8(12)9(4-7)15(17)18/h2-5H,1H3,(H,14,16). The van der Waals surface area contributed by atoms with Crippen LogP contribution in [-0.4, -0.2) is 15.8 Å². The summed E-state index contributed by atoms with van der Waals surface area (Å²) in [4.78, 5) is 25.6. The molecule has 98 valence electrons. The van der Waals surface area contributed by atoms with Crippen LogP contribution in [0.3, 0.4) is 0 Å². The number of halogens is 1. The zero-order chi connectivity index (χ0) is 14.0. The highest BCUT2D eigenvalue weighted by Gasteiger charge is 2.16. The Morgan fingerprint density at radius 1 is 1.53 bits per heavy atom. The molecule has 2 aromatic rings. The smallest absolute Gasteiger partial charge is 0.311 e. The number of aryl methyl sites for hydroxylation is 1. The molecule has 0 unspecified atom stereocenters. The monoisotopic (exact) mass is 281 g/mol. The predicted octanol–water partition coefficient (Wildman–Crippen LogP) is 2.80. The third-order valence-electron chi connectivity index (χ3n) is 2.22. The lowest BCUT2D eigenvalue weighted by atomic mass is 10.3. The Bertz CT molecular complexity index is 653. The van der Waals surface area contributed by atoms with E-state index in [-0.39, 0.29) is 22.3 Å². The van der Waals surface area contributed by atoms with Gasteiger partial charge < -0.3 is 9.73 Å². The van der Waals surface area contributed by atoms with Crippen molar-refractivity contribution in [1.29, 1.82) is 0 Å². The van der Waals surface area contributed by atoms with Crippen molar-refractivity contribution in [1.82, 2.24) is 4.98 Å². The van der Waals surface area contributed by atoms with Gasteiger partial charge in [0.05, 0.1) is 11.1 Å². The van der Waals surface area contributed by atoms with E-state index in [0.717, 1.165) is 6.07 Å². The minimum Gasteiger partial charge on any atom is -0.438 e. The van der Waals surface area contributed by atoms with E-state index in [0.29, 0.717) is 5.76 Å². The van der Waals surface area contributed by atoms with Crippen molar-refractivity contribution in [2.24, 2.45) is 0 Å². The summed E-state index contributed by atoms with van der Waals surface area (Å²) < 4.78 is 5.04. The zero-order valence-electron chi connectivity index (χ0n) is 9.71. The van der Waals surface area contributed by atoms with Gasteiger partial charge in [-0.3, -0.25) is 14.9 Å². The van der Waals surface area contributed by atoms with E-state index in [1.807, 2.05) is 0 Å². The summed E-state index contributed by atoms with van der Waals surface area (Å²) in [6, 6.07) is 3.94. The fourth-order valence-electron chi connectivity index (χ4n) is 1.37. The summed E-state index contributed by atoms with van der Waals surface area (Å²) in [5, 5.41) is 13.1. The molecule has 0 aliphatic heterocycles. The number of nitrogens with one attached hydrogen (secondary N) is 1. The number of benzene rings is 1. The normalized spacial score (nSPS) is 10.2. The molecule has 1 aromatic carbocycles. The molecule has 8 heteroatoms. The predicted molar refractivity (Wildman–Crippen MR) is 67.3 cm³/mol. The number of aromatic nitrogens is 1. The molecule has 1 N–H and O–H groups in total. The van der Waals surface area contributed by atoms with Gasteiger partial charge >= 0.3 is 5.91 Å². The number of carbonyl (C=O) groups excluding carboxylic acids is 1. The first-order valence-electron chi connectivity index (χ1n) is 5.15. The average molecular weight is 282 g/mol. The maximum Gasteiger partial charge on any atom is 0.311 e. The summed E-state index contributed by atoms with van der Waals surface area (Å²) in [7, 11) is 0. The highest BCUT2D eigenvalue weighted by atomic mass is 35.5. The molecule has 0 spiro atoms. The van der Waals surface area contributed by atoms with E-state index < -0.39 is 10.8 Å². The maximum absolute atomic E-state index is 11.7. The van der Waals surface area contributed by atoms with Crippen molar-refractivity contribution < 1.29 is 14.1 Å². The van der Waals surface area contributed by atoms with E-state index in [9.17, 15) is 14.9 Å². The molecule has 0 saturated heterocycles. The molecule has 0 bridgehead atoms. The summed E-state index contributed by atoms with van der Waals surface area (Å²) in [6.07, 6.45) is 1.40. The van der Waals surface area contributed by atoms with Crippen molar-refractivity contribution in [3.8, 4) is 0 Å². The van der Waals surface area contributed by atoms with Crippen LogP contribution in [0.25, 0.3) is 0 Å². The van der Waals surface area contributed by atoms with E-state index >= 15 is 0 Å². The van der Waals surface area contributed by atoms with Gasteiger partial charge in [0.15, 0.2) is 0 Å². The number of nitrogens with zero attached hydrogens (tertiary/aromatic N) is 2. The SMILES string of the molecule is Cc1cnc(C(=O)Nc2ccc(Cl)c([N+](=O)[O-])c2)o1. The van der Waals surface area contributed by atoms with Crippen LogP contribution < -0.4 is 5.32 Å². The second kappa shape index (κ2) is 5.07. The molecule has 1 aromatic heterocycles. The number of rotatable bonds is 3. The van der Waals surface area contributed by atoms with Crippen molar-refractivity contribution in [3.63, 3.8) is 0 Å². The number of oxazole rings is 1. The molecular weight excluding hydrogens is 274 g/mol. The second-order valence-electron chi connectivity index (χ2n) is 3.65. The van der Waals surface area contributed by atoms with Crippen LogP contribution in [-0.2, 0) is 0 Å². The first-order valence-corrected chi connectivity index (χ1v) is 5.53. The Morgan fingerprint density at radius 2 is 2.26 bits per heavy atom. The van der Waals surface area contributed by atoms with Gasteiger partial charge in [-0.15, -0.1) is 0 Å². The third kappa shape index (κ3) is 2.89. The lowest BCUT2D eigenvalue weighted by Gasteiger charge is -2.03. The van der Waals surface area contributed by atoms with Gasteiger partial charge in [-0.05, 0) is 19.1 Å². The third-order valence-corrected chi connectivity index (χ3v) is 2.54. The highest BCUT2D eigenvalue weighted by Crippen LogP contribution is 2.27. The highest BCUT2D eigenvalue weighted by molar-refractivity contribution is 6.32. The first kappa shape index (κ1) is 13.0. The number of nitro benzene ring substituents is 1. The molecule has 1 heterocycles. The molecule has 1 amide bonds. The minimum atomic E-state index is -0.632. The molecule has 0 fully saturated rings. The minimum absolute atomic E-state index is 0.00466. The number of anilines is 1. The molecule has 0 aliphatic carbocycles. The van der Waals surface area contributed by atoms with Crippen LogP contribution in [0, 0.1) is 17.0 Å². The van der Waals surface area contributed by atoms with E-state index in [2.05, 4.69) is 10.3 Å². The van der Waals surface area contributed by atoms with Gasteiger partial charge in [0, 0.05) is 11.8 Å². The van der Waals surface area contributed by atoms with Gasteiger partial charge in [-0.2, -0.15) is 0 Å². The van der Waals surface area contributed by atoms with Crippen molar-refractivity contribution in [2.45, 2.75) is 6.92 Å². The Morgan fingerprint density at radius 3 is 2.84 bits per heavy atom. The quantitative estimate of drug-likeness (QED) is 0.689. The largest absolute Gasteiger partial charge is 0.438 e. The van der Waals surface area contributed by atoms with Gasteiger partial charge in [0.1, 0.15) is 10.8 Å². The molecule has 0 atom stereocenters. The molecule has 0 radical (unpaired) electrons. The molecule has 0 aliphatic rings. The summed E-state index contributed by atoms with van der Waals surface area (Å²) >= 11 is 5.66. The molecule has 2 rings (SSSR count). The van der Waals surface area contributed by atoms with Crippen LogP contribution >= 0.6 is 11.6 Å². The van der Waals surface area contributed by atoms with Crippen LogP contribution in [0.15, 0.2) is 28.8 Å². The van der Waals surface area contributed by atoms with E-state index in [1.165, 1.54) is 18.3 Å². The van der Waals surface area contributed by atoms with Crippen molar-refractivity contribution >= 4 is 28.9 Å². The van der Waals surface area contributed by atoms with Gasteiger partial charge in [0.25, 0.3) is 11.6 Å². The molecular formula is C11H8ClN3O4. The number of amides is 1. The summed E-state index contributed by atoms with van der Waals surface area (Å²) in [5.41, 5.74) is -0.0556. The van der Waals surface area contributed by atoms with Crippen LogP contribution in [0.4, 0.5) is 11.4 Å². The first-order chi connectivity index (χ1) is 8.97. The van der Waals surface area contributed by atoms with Gasteiger partial charge in [-0.25, -0.2) is 4.98 Å². The lowest BCUT2D eigenvalue weighted by Crippen LogP contribution is -2.12.